The molecule has 0 atom stereocenters. The van der Waals surface area contributed by atoms with Crippen LogP contribution < -0.4 is 0 Å². The largest absolute Gasteiger partial charge is 0.303 e. The number of likely N-dealkylation sites (tertiary alicyclic amines) is 1. The Kier molecular flexibility index (Phi) is 4.30. The summed E-state index contributed by atoms with van der Waals surface area (Å²) in [5, 5.41) is 0. The van der Waals surface area contributed by atoms with Gasteiger partial charge in [0, 0.05) is 6.42 Å². The minimum Gasteiger partial charge on any atom is -0.303 e. The number of carbonyl (C=O) groups excluding carboxylic acids is 1. The van der Waals surface area contributed by atoms with E-state index in [2.05, 4.69) is 4.90 Å². The van der Waals surface area contributed by atoms with Gasteiger partial charge in [-0.2, -0.15) is 0 Å². The zero-order valence-electron chi connectivity index (χ0n) is 8.01. The number of hydrogen-bond acceptors (Lipinski definition) is 2. The van der Waals surface area contributed by atoms with Gasteiger partial charge in [-0.05, 0) is 45.8 Å². The van der Waals surface area contributed by atoms with Gasteiger partial charge in [0.25, 0.3) is 0 Å². The maximum Gasteiger partial charge on any atom is 0.129 e. The predicted octanol–water partition coefficient (Wildman–Crippen LogP) is 1.84. The monoisotopic (exact) mass is 169 g/mol. The molecular weight excluding hydrogens is 150 g/mol. The van der Waals surface area contributed by atoms with Gasteiger partial charge in [-0.1, -0.05) is 6.42 Å². The first kappa shape index (κ1) is 9.72. The van der Waals surface area contributed by atoms with Gasteiger partial charge in [-0.3, -0.25) is 0 Å². The van der Waals surface area contributed by atoms with Gasteiger partial charge in [0.05, 0.1) is 0 Å². The summed E-state index contributed by atoms with van der Waals surface area (Å²) in [5.74, 6) is 0.326. The number of carbonyl (C=O) groups is 1. The molecule has 0 bridgehead atoms. The third-order valence-electron chi connectivity index (χ3n) is 2.45. The first-order chi connectivity index (χ1) is 5.79. The molecule has 1 fully saturated rings. The Hall–Kier alpha value is -0.370. The van der Waals surface area contributed by atoms with Crippen LogP contribution in [0.4, 0.5) is 0 Å². The molecule has 0 aromatic heterocycles. The number of piperidine rings is 1. The summed E-state index contributed by atoms with van der Waals surface area (Å²) >= 11 is 0. The average molecular weight is 169 g/mol. The second-order valence-corrected chi connectivity index (χ2v) is 3.71. The van der Waals surface area contributed by atoms with E-state index < -0.39 is 0 Å². The molecule has 0 radical (unpaired) electrons. The van der Waals surface area contributed by atoms with E-state index in [0.29, 0.717) is 5.78 Å². The lowest BCUT2D eigenvalue weighted by Crippen LogP contribution is -2.30. The van der Waals surface area contributed by atoms with Crippen molar-refractivity contribution in [1.82, 2.24) is 4.90 Å². The summed E-state index contributed by atoms with van der Waals surface area (Å²) in [4.78, 5) is 13.1. The van der Waals surface area contributed by atoms with E-state index in [4.69, 9.17) is 0 Å². The fraction of sp³-hybridized carbons (Fsp3) is 0.900. The van der Waals surface area contributed by atoms with E-state index in [1.54, 1.807) is 6.92 Å². The molecule has 0 aromatic rings. The van der Waals surface area contributed by atoms with Gasteiger partial charge < -0.3 is 9.69 Å². The van der Waals surface area contributed by atoms with Crippen LogP contribution >= 0.6 is 0 Å². The Bertz CT molecular complexity index is 139. The summed E-state index contributed by atoms with van der Waals surface area (Å²) in [6.45, 7) is 5.30. The van der Waals surface area contributed by atoms with Crippen molar-refractivity contribution < 1.29 is 4.79 Å². The minimum atomic E-state index is 0.326. The molecule has 1 heterocycles. The lowest BCUT2D eigenvalue weighted by molar-refractivity contribution is -0.117. The van der Waals surface area contributed by atoms with E-state index >= 15 is 0 Å². The molecule has 0 aliphatic carbocycles. The molecule has 1 aliphatic heterocycles. The fourth-order valence-electron chi connectivity index (χ4n) is 1.73. The van der Waals surface area contributed by atoms with Crippen LogP contribution in [-0.4, -0.2) is 30.3 Å². The normalized spacial score (nSPS) is 19.4. The molecule has 12 heavy (non-hydrogen) atoms. The highest BCUT2D eigenvalue weighted by Gasteiger charge is 2.08. The zero-order valence-corrected chi connectivity index (χ0v) is 8.01. The summed E-state index contributed by atoms with van der Waals surface area (Å²) in [6, 6.07) is 0. The molecule has 0 amide bonds. The Morgan fingerprint density at radius 2 is 1.92 bits per heavy atom. The van der Waals surface area contributed by atoms with Crippen molar-refractivity contribution in [2.24, 2.45) is 0 Å². The lowest BCUT2D eigenvalue weighted by Gasteiger charge is -2.25. The SMILES string of the molecule is CC(=O)CCCN1CCCCC1. The Morgan fingerprint density at radius 1 is 1.25 bits per heavy atom. The molecule has 0 saturated carbocycles. The summed E-state index contributed by atoms with van der Waals surface area (Å²) in [5.41, 5.74) is 0. The number of Topliss-reactive ketones (excluding diaryl/α,β-unsaturated/α-hetero) is 1. The van der Waals surface area contributed by atoms with Gasteiger partial charge in [0.1, 0.15) is 5.78 Å². The third-order valence-corrected chi connectivity index (χ3v) is 2.45. The van der Waals surface area contributed by atoms with Crippen LogP contribution in [0.25, 0.3) is 0 Å². The molecule has 2 nitrogen and oxygen atoms in total. The van der Waals surface area contributed by atoms with Crippen LogP contribution in [0.2, 0.25) is 0 Å². The summed E-state index contributed by atoms with van der Waals surface area (Å²) < 4.78 is 0. The van der Waals surface area contributed by atoms with E-state index in [0.717, 1.165) is 19.4 Å². The van der Waals surface area contributed by atoms with Crippen LogP contribution in [0.15, 0.2) is 0 Å². The van der Waals surface area contributed by atoms with Crippen LogP contribution in [0.1, 0.15) is 39.0 Å². The molecule has 1 aliphatic rings. The highest BCUT2D eigenvalue weighted by atomic mass is 16.1. The van der Waals surface area contributed by atoms with Crippen molar-refractivity contribution in [3.05, 3.63) is 0 Å². The lowest BCUT2D eigenvalue weighted by atomic mass is 10.1. The summed E-state index contributed by atoms with van der Waals surface area (Å²) in [7, 11) is 0. The molecule has 2 heteroatoms. The van der Waals surface area contributed by atoms with Gasteiger partial charge in [0.2, 0.25) is 0 Å². The van der Waals surface area contributed by atoms with Gasteiger partial charge >= 0.3 is 0 Å². The van der Waals surface area contributed by atoms with Crippen molar-refractivity contribution in [1.29, 1.82) is 0 Å². The molecule has 0 spiro atoms. The number of ketones is 1. The van der Waals surface area contributed by atoms with Crippen LogP contribution in [0.5, 0.6) is 0 Å². The number of nitrogens with zero attached hydrogens (tertiary/aromatic N) is 1. The van der Waals surface area contributed by atoms with Crippen molar-refractivity contribution >= 4 is 5.78 Å². The topological polar surface area (TPSA) is 20.3 Å². The Labute approximate surface area is 74.9 Å². The second-order valence-electron chi connectivity index (χ2n) is 3.71. The van der Waals surface area contributed by atoms with E-state index in [-0.39, 0.29) is 0 Å². The van der Waals surface area contributed by atoms with Crippen molar-refractivity contribution in [2.45, 2.75) is 39.0 Å². The highest BCUT2D eigenvalue weighted by Crippen LogP contribution is 2.09. The molecule has 0 unspecified atom stereocenters. The maximum absolute atomic E-state index is 10.7. The summed E-state index contributed by atoms with van der Waals surface area (Å²) in [6.07, 6.45) is 5.90. The molecule has 1 rings (SSSR count). The molecule has 1 saturated heterocycles. The van der Waals surface area contributed by atoms with Crippen molar-refractivity contribution in [2.75, 3.05) is 19.6 Å². The smallest absolute Gasteiger partial charge is 0.129 e. The van der Waals surface area contributed by atoms with Crippen molar-refractivity contribution in [3.63, 3.8) is 0 Å². The maximum atomic E-state index is 10.7. The standard InChI is InChI=1S/C10H19NO/c1-10(12)6-5-9-11-7-3-2-4-8-11/h2-9H2,1H3. The number of hydrogen-bond donors (Lipinski definition) is 0. The quantitative estimate of drug-likeness (QED) is 0.640. The molecule has 0 N–H and O–H groups in total. The fourth-order valence-corrected chi connectivity index (χ4v) is 1.73. The van der Waals surface area contributed by atoms with Crippen LogP contribution in [-0.2, 0) is 4.79 Å². The zero-order chi connectivity index (χ0) is 8.81. The second kappa shape index (κ2) is 5.31. The van der Waals surface area contributed by atoms with E-state index in [1.807, 2.05) is 0 Å². The Morgan fingerprint density at radius 3 is 2.50 bits per heavy atom. The average Bonchev–Trinajstić information content (AvgIpc) is 2.05. The molecular formula is C10H19NO. The van der Waals surface area contributed by atoms with Gasteiger partial charge in [-0.15, -0.1) is 0 Å². The minimum absolute atomic E-state index is 0.326. The first-order valence-electron chi connectivity index (χ1n) is 5.01. The predicted molar refractivity (Wildman–Crippen MR) is 50.2 cm³/mol. The first-order valence-corrected chi connectivity index (χ1v) is 5.01. The van der Waals surface area contributed by atoms with E-state index in [9.17, 15) is 4.79 Å². The van der Waals surface area contributed by atoms with Crippen LogP contribution in [0, 0.1) is 0 Å². The van der Waals surface area contributed by atoms with Gasteiger partial charge in [-0.25, -0.2) is 0 Å². The Balaban J connectivity index is 2.01. The third kappa shape index (κ3) is 3.86. The highest BCUT2D eigenvalue weighted by molar-refractivity contribution is 5.75. The molecule has 0 aromatic carbocycles. The van der Waals surface area contributed by atoms with Crippen molar-refractivity contribution in [3.8, 4) is 0 Å². The van der Waals surface area contributed by atoms with E-state index in [1.165, 1.54) is 32.4 Å². The number of rotatable bonds is 4. The van der Waals surface area contributed by atoms with Crippen LogP contribution in [0.3, 0.4) is 0 Å². The van der Waals surface area contributed by atoms with Gasteiger partial charge in [0.15, 0.2) is 0 Å². The molecule has 70 valence electrons.